The summed E-state index contributed by atoms with van der Waals surface area (Å²) in [5.74, 6) is 0. The average Bonchev–Trinajstić information content (AvgIpc) is 2.32. The molecule has 1 heteroatoms. The van der Waals surface area contributed by atoms with Gasteiger partial charge in [-0.25, -0.2) is 0 Å². The van der Waals surface area contributed by atoms with Crippen LogP contribution in [0.4, 0.5) is 5.69 Å². The lowest BCUT2D eigenvalue weighted by atomic mass is 9.87. The van der Waals surface area contributed by atoms with Crippen LogP contribution < -0.4 is 4.48 Å². The summed E-state index contributed by atoms with van der Waals surface area (Å²) < 4.78 is 1.09. The molecule has 0 N–H and O–H groups in total. The van der Waals surface area contributed by atoms with E-state index >= 15 is 0 Å². The molecule has 0 aliphatic heterocycles. The predicted octanol–water partition coefficient (Wildman–Crippen LogP) is 4.35. The summed E-state index contributed by atoms with van der Waals surface area (Å²) in [6.45, 7) is 17.2. The third-order valence-corrected chi connectivity index (χ3v) is 4.10. The minimum atomic E-state index is 0.249. The molecule has 17 heavy (non-hydrogen) atoms. The van der Waals surface area contributed by atoms with E-state index in [4.69, 9.17) is 0 Å². The van der Waals surface area contributed by atoms with Crippen molar-refractivity contribution in [3.63, 3.8) is 0 Å². The SMILES string of the molecule is CC[N+](CC)(CC)c1ccc(C(C)(C)C)cc1. The van der Waals surface area contributed by atoms with Crippen molar-refractivity contribution in [3.8, 4) is 0 Å². The molecule has 0 saturated heterocycles. The summed E-state index contributed by atoms with van der Waals surface area (Å²) in [7, 11) is 0. The lowest BCUT2D eigenvalue weighted by molar-refractivity contribution is 0.316. The second-order valence-corrected chi connectivity index (χ2v) is 5.89. The van der Waals surface area contributed by atoms with E-state index in [0.29, 0.717) is 0 Å². The second kappa shape index (κ2) is 5.22. The minimum absolute atomic E-state index is 0.249. The highest BCUT2D eigenvalue weighted by Gasteiger charge is 2.24. The maximum Gasteiger partial charge on any atom is 0.132 e. The first kappa shape index (κ1) is 14.2. The molecular weight excluding hydrogens is 206 g/mol. The molecule has 96 valence electrons. The molecule has 1 aromatic rings. The third kappa shape index (κ3) is 2.90. The van der Waals surface area contributed by atoms with E-state index in [9.17, 15) is 0 Å². The number of rotatable bonds is 4. The van der Waals surface area contributed by atoms with Crippen molar-refractivity contribution in [2.45, 2.75) is 47.0 Å². The van der Waals surface area contributed by atoms with Gasteiger partial charge in [0.1, 0.15) is 5.69 Å². The molecular formula is C16H28N+. The Morgan fingerprint density at radius 2 is 1.24 bits per heavy atom. The van der Waals surface area contributed by atoms with E-state index < -0.39 is 0 Å². The van der Waals surface area contributed by atoms with Crippen molar-refractivity contribution in [2.24, 2.45) is 0 Å². The molecule has 0 spiro atoms. The number of hydrogen-bond donors (Lipinski definition) is 0. The van der Waals surface area contributed by atoms with Crippen LogP contribution in [0.3, 0.4) is 0 Å². The zero-order valence-corrected chi connectivity index (χ0v) is 12.4. The van der Waals surface area contributed by atoms with E-state index in [1.807, 2.05) is 0 Å². The minimum Gasteiger partial charge on any atom is -0.292 e. The first-order valence-electron chi connectivity index (χ1n) is 6.86. The Hall–Kier alpha value is -0.820. The topological polar surface area (TPSA) is 0 Å². The quantitative estimate of drug-likeness (QED) is 0.679. The molecule has 0 aliphatic rings. The first-order chi connectivity index (χ1) is 7.89. The van der Waals surface area contributed by atoms with Gasteiger partial charge in [-0.1, -0.05) is 32.9 Å². The average molecular weight is 234 g/mol. The molecule has 1 rings (SSSR count). The molecule has 0 aliphatic carbocycles. The van der Waals surface area contributed by atoms with Gasteiger partial charge < -0.3 is 0 Å². The second-order valence-electron chi connectivity index (χ2n) is 5.89. The Balaban J connectivity index is 3.09. The molecule has 0 fully saturated rings. The monoisotopic (exact) mass is 234 g/mol. The van der Waals surface area contributed by atoms with Crippen molar-refractivity contribution in [2.75, 3.05) is 19.6 Å². The van der Waals surface area contributed by atoms with Crippen LogP contribution in [-0.4, -0.2) is 19.6 Å². The van der Waals surface area contributed by atoms with Gasteiger partial charge in [-0.15, -0.1) is 0 Å². The summed E-state index contributed by atoms with van der Waals surface area (Å²) in [4.78, 5) is 0. The highest BCUT2D eigenvalue weighted by atomic mass is 15.3. The van der Waals surface area contributed by atoms with Gasteiger partial charge in [0.25, 0.3) is 0 Å². The third-order valence-electron chi connectivity index (χ3n) is 4.10. The van der Waals surface area contributed by atoms with Crippen LogP contribution in [0, 0.1) is 0 Å². The fourth-order valence-electron chi connectivity index (χ4n) is 2.50. The van der Waals surface area contributed by atoms with E-state index in [0.717, 1.165) is 4.48 Å². The molecule has 0 radical (unpaired) electrons. The van der Waals surface area contributed by atoms with Gasteiger partial charge in [0, 0.05) is 0 Å². The fraction of sp³-hybridized carbons (Fsp3) is 0.625. The van der Waals surface area contributed by atoms with E-state index in [2.05, 4.69) is 65.8 Å². The van der Waals surface area contributed by atoms with Gasteiger partial charge in [-0.2, -0.15) is 0 Å². The molecule has 0 bridgehead atoms. The lowest BCUT2D eigenvalue weighted by Crippen LogP contribution is -2.48. The summed E-state index contributed by atoms with van der Waals surface area (Å²) in [6.07, 6.45) is 0. The van der Waals surface area contributed by atoms with Crippen LogP contribution in [0.1, 0.15) is 47.1 Å². The van der Waals surface area contributed by atoms with Gasteiger partial charge in [0.15, 0.2) is 0 Å². The summed E-state index contributed by atoms with van der Waals surface area (Å²) in [5.41, 5.74) is 3.12. The molecule has 0 saturated carbocycles. The molecule has 0 heterocycles. The molecule has 0 aromatic heterocycles. The van der Waals surface area contributed by atoms with Crippen molar-refractivity contribution < 1.29 is 0 Å². The normalized spacial score (nSPS) is 12.8. The van der Waals surface area contributed by atoms with Gasteiger partial charge in [-0.05, 0) is 43.9 Å². The summed E-state index contributed by atoms with van der Waals surface area (Å²) in [6, 6.07) is 9.22. The largest absolute Gasteiger partial charge is 0.292 e. The van der Waals surface area contributed by atoms with Crippen LogP contribution in [0.5, 0.6) is 0 Å². The maximum absolute atomic E-state index is 2.32. The van der Waals surface area contributed by atoms with E-state index in [1.54, 1.807) is 0 Å². The van der Waals surface area contributed by atoms with Crippen molar-refractivity contribution in [1.82, 2.24) is 4.48 Å². The van der Waals surface area contributed by atoms with Crippen LogP contribution in [-0.2, 0) is 5.41 Å². The van der Waals surface area contributed by atoms with Crippen molar-refractivity contribution in [3.05, 3.63) is 29.8 Å². The molecule has 0 amide bonds. The van der Waals surface area contributed by atoms with Crippen molar-refractivity contribution in [1.29, 1.82) is 0 Å². The van der Waals surface area contributed by atoms with Crippen molar-refractivity contribution >= 4 is 5.69 Å². The Bertz CT molecular complexity index is 331. The Labute approximate surface area is 107 Å². The number of hydrogen-bond acceptors (Lipinski definition) is 0. The Morgan fingerprint density at radius 3 is 1.53 bits per heavy atom. The Kier molecular flexibility index (Phi) is 4.37. The Morgan fingerprint density at radius 1 is 0.824 bits per heavy atom. The van der Waals surface area contributed by atoms with Crippen LogP contribution in [0.15, 0.2) is 24.3 Å². The van der Waals surface area contributed by atoms with Gasteiger partial charge in [-0.3, -0.25) is 4.48 Å². The number of quaternary nitrogens is 1. The highest BCUT2D eigenvalue weighted by molar-refractivity contribution is 5.45. The van der Waals surface area contributed by atoms with Gasteiger partial charge in [0.05, 0.1) is 19.6 Å². The highest BCUT2D eigenvalue weighted by Crippen LogP contribution is 2.28. The molecule has 0 atom stereocenters. The number of nitrogens with zero attached hydrogens (tertiary/aromatic N) is 1. The van der Waals surface area contributed by atoms with E-state index in [1.165, 1.54) is 30.9 Å². The maximum atomic E-state index is 2.32. The standard InChI is InChI=1S/C16H28N/c1-7-17(8-2,9-3)15-12-10-14(11-13-15)16(4,5)6/h10-13H,7-9H2,1-6H3/q+1. The summed E-state index contributed by atoms with van der Waals surface area (Å²) in [5, 5.41) is 0. The van der Waals surface area contributed by atoms with Gasteiger partial charge >= 0.3 is 0 Å². The molecule has 0 unspecified atom stereocenters. The zero-order chi connectivity index (χ0) is 13.1. The van der Waals surface area contributed by atoms with Crippen LogP contribution >= 0.6 is 0 Å². The number of benzene rings is 1. The van der Waals surface area contributed by atoms with Crippen LogP contribution in [0.2, 0.25) is 0 Å². The lowest BCUT2D eigenvalue weighted by Gasteiger charge is -2.35. The fourth-order valence-corrected chi connectivity index (χ4v) is 2.50. The molecule has 1 aromatic carbocycles. The van der Waals surface area contributed by atoms with Gasteiger partial charge in [0.2, 0.25) is 0 Å². The predicted molar refractivity (Wildman–Crippen MR) is 78.6 cm³/mol. The van der Waals surface area contributed by atoms with E-state index in [-0.39, 0.29) is 5.41 Å². The smallest absolute Gasteiger partial charge is 0.132 e. The summed E-state index contributed by atoms with van der Waals surface area (Å²) >= 11 is 0. The molecule has 1 nitrogen and oxygen atoms in total. The zero-order valence-electron chi connectivity index (χ0n) is 12.4. The van der Waals surface area contributed by atoms with Crippen LogP contribution in [0.25, 0.3) is 0 Å². The first-order valence-corrected chi connectivity index (χ1v) is 6.86.